The fourth-order valence-corrected chi connectivity index (χ4v) is 4.71. The van der Waals surface area contributed by atoms with E-state index in [1.54, 1.807) is 0 Å². The topological polar surface area (TPSA) is 50.2 Å². The van der Waals surface area contributed by atoms with Crippen LogP contribution >= 0.6 is 0 Å². The van der Waals surface area contributed by atoms with E-state index in [1.165, 1.54) is 44.1 Å². The van der Waals surface area contributed by atoms with Gasteiger partial charge in [0.25, 0.3) is 0 Å². The molecular formula is C19H30N4O. The molecule has 2 aliphatic carbocycles. The Morgan fingerprint density at radius 1 is 1.25 bits per heavy atom. The molecule has 1 N–H and O–H groups in total. The number of aryl methyl sites for hydroxylation is 1. The highest BCUT2D eigenvalue weighted by Crippen LogP contribution is 2.43. The molecule has 1 aromatic heterocycles. The van der Waals surface area contributed by atoms with Gasteiger partial charge in [0.15, 0.2) is 0 Å². The number of likely N-dealkylation sites (tertiary alicyclic amines) is 1. The van der Waals surface area contributed by atoms with Gasteiger partial charge in [0.05, 0.1) is 6.20 Å². The zero-order chi connectivity index (χ0) is 16.5. The van der Waals surface area contributed by atoms with E-state index >= 15 is 0 Å². The molecule has 0 aromatic carbocycles. The molecule has 0 radical (unpaired) electrons. The number of amides is 2. The van der Waals surface area contributed by atoms with Gasteiger partial charge in [0.2, 0.25) is 0 Å². The number of hydrogen-bond donors (Lipinski definition) is 1. The Morgan fingerprint density at radius 3 is 2.88 bits per heavy atom. The van der Waals surface area contributed by atoms with E-state index in [9.17, 15) is 4.79 Å². The summed E-state index contributed by atoms with van der Waals surface area (Å²) in [5.41, 5.74) is 1.28. The molecule has 3 atom stereocenters. The first-order chi connectivity index (χ1) is 11.7. The first kappa shape index (κ1) is 16.0. The van der Waals surface area contributed by atoms with Crippen LogP contribution < -0.4 is 5.32 Å². The summed E-state index contributed by atoms with van der Waals surface area (Å²) >= 11 is 0. The molecule has 4 rings (SSSR count). The monoisotopic (exact) mass is 330 g/mol. The van der Waals surface area contributed by atoms with Crippen LogP contribution in [0.15, 0.2) is 12.4 Å². The number of nitrogens with one attached hydrogen (secondary N) is 1. The molecule has 3 fully saturated rings. The lowest BCUT2D eigenvalue weighted by Gasteiger charge is -2.31. The average Bonchev–Trinajstić information content (AvgIpc) is 3.19. The summed E-state index contributed by atoms with van der Waals surface area (Å²) in [6.07, 6.45) is 14.1. The van der Waals surface area contributed by atoms with Crippen molar-refractivity contribution in [3.05, 3.63) is 18.0 Å². The second-order valence-corrected chi connectivity index (χ2v) is 8.24. The Bertz CT molecular complexity index is 580. The molecule has 3 aliphatic rings. The molecule has 132 valence electrons. The number of carbonyl (C=O) groups excluding carboxylic acids is 1. The van der Waals surface area contributed by atoms with Gasteiger partial charge in [-0.15, -0.1) is 0 Å². The second kappa shape index (κ2) is 6.77. The van der Waals surface area contributed by atoms with Gasteiger partial charge < -0.3 is 10.2 Å². The lowest BCUT2D eigenvalue weighted by atomic mass is 9.83. The molecule has 1 aromatic rings. The van der Waals surface area contributed by atoms with Gasteiger partial charge in [0.1, 0.15) is 0 Å². The minimum absolute atomic E-state index is 0.171. The van der Waals surface area contributed by atoms with Crippen molar-refractivity contribution in [3.63, 3.8) is 0 Å². The maximum absolute atomic E-state index is 12.6. The van der Waals surface area contributed by atoms with Gasteiger partial charge in [-0.2, -0.15) is 5.10 Å². The summed E-state index contributed by atoms with van der Waals surface area (Å²) < 4.78 is 1.86. The van der Waals surface area contributed by atoms with Crippen LogP contribution in [0.1, 0.15) is 50.5 Å². The van der Waals surface area contributed by atoms with Gasteiger partial charge in [-0.1, -0.05) is 12.8 Å². The van der Waals surface area contributed by atoms with E-state index in [0.717, 1.165) is 37.8 Å². The average molecular weight is 330 g/mol. The molecule has 0 spiro atoms. The lowest BCUT2D eigenvalue weighted by Crippen LogP contribution is -2.45. The van der Waals surface area contributed by atoms with Crippen molar-refractivity contribution in [3.8, 4) is 0 Å². The highest BCUT2D eigenvalue weighted by molar-refractivity contribution is 5.74. The summed E-state index contributed by atoms with van der Waals surface area (Å²) in [7, 11) is 1.96. The Morgan fingerprint density at radius 2 is 2.12 bits per heavy atom. The smallest absolute Gasteiger partial charge is 0.317 e. The van der Waals surface area contributed by atoms with Crippen LogP contribution in [0, 0.1) is 17.8 Å². The van der Waals surface area contributed by atoms with Crippen LogP contribution in [-0.4, -0.2) is 39.8 Å². The number of hydrogen-bond acceptors (Lipinski definition) is 2. The summed E-state index contributed by atoms with van der Waals surface area (Å²) in [5.74, 6) is 2.42. The Balaban J connectivity index is 1.24. The first-order valence-corrected chi connectivity index (χ1v) is 9.70. The first-order valence-electron chi connectivity index (χ1n) is 9.70. The van der Waals surface area contributed by atoms with Crippen molar-refractivity contribution in [2.24, 2.45) is 24.8 Å². The van der Waals surface area contributed by atoms with Crippen LogP contribution in [0.4, 0.5) is 4.79 Å². The SMILES string of the molecule is Cn1cc(C[C@@H]2CCN(C(=O)N[C@@H]3CCC[C@H](C4CC4)C3)C2)cn1. The fourth-order valence-electron chi connectivity index (χ4n) is 4.71. The largest absolute Gasteiger partial charge is 0.335 e. The molecule has 1 aliphatic heterocycles. The van der Waals surface area contributed by atoms with E-state index in [2.05, 4.69) is 16.6 Å². The van der Waals surface area contributed by atoms with Crippen LogP contribution in [0.3, 0.4) is 0 Å². The molecule has 0 bridgehead atoms. The molecule has 2 heterocycles. The second-order valence-electron chi connectivity index (χ2n) is 8.24. The summed E-state index contributed by atoms with van der Waals surface area (Å²) in [4.78, 5) is 14.6. The molecule has 5 heteroatoms. The van der Waals surface area contributed by atoms with Crippen molar-refractivity contribution in [1.82, 2.24) is 20.0 Å². The van der Waals surface area contributed by atoms with E-state index in [-0.39, 0.29) is 6.03 Å². The number of nitrogens with zero attached hydrogens (tertiary/aromatic N) is 3. The van der Waals surface area contributed by atoms with Crippen LogP contribution in [0.5, 0.6) is 0 Å². The van der Waals surface area contributed by atoms with Gasteiger partial charge >= 0.3 is 6.03 Å². The standard InChI is InChI=1S/C19H30N4O/c1-22-12-15(11-20-22)9-14-7-8-23(13-14)19(24)21-18-4-2-3-17(10-18)16-5-6-16/h11-12,14,16-18H,2-10,13H2,1H3,(H,21,24)/t14-,17-,18+/m0/s1. The molecule has 24 heavy (non-hydrogen) atoms. The van der Waals surface area contributed by atoms with Gasteiger partial charge in [-0.05, 0) is 61.8 Å². The highest BCUT2D eigenvalue weighted by atomic mass is 16.2. The van der Waals surface area contributed by atoms with E-state index in [4.69, 9.17) is 0 Å². The van der Waals surface area contributed by atoms with Crippen LogP contribution in [0.25, 0.3) is 0 Å². The zero-order valence-electron chi connectivity index (χ0n) is 14.8. The highest BCUT2D eigenvalue weighted by Gasteiger charge is 2.36. The van der Waals surface area contributed by atoms with Crippen LogP contribution in [0.2, 0.25) is 0 Å². The number of rotatable bonds is 4. The minimum Gasteiger partial charge on any atom is -0.335 e. The van der Waals surface area contributed by atoms with E-state index in [1.807, 2.05) is 22.8 Å². The molecular weight excluding hydrogens is 300 g/mol. The summed E-state index contributed by atoms with van der Waals surface area (Å²) in [6.45, 7) is 1.79. The molecule has 2 saturated carbocycles. The van der Waals surface area contributed by atoms with Crippen molar-refractivity contribution >= 4 is 6.03 Å². The number of aromatic nitrogens is 2. The number of urea groups is 1. The normalized spacial score (nSPS) is 30.5. The quantitative estimate of drug-likeness (QED) is 0.923. The third-order valence-corrected chi connectivity index (χ3v) is 6.19. The fraction of sp³-hybridized carbons (Fsp3) is 0.789. The summed E-state index contributed by atoms with van der Waals surface area (Å²) in [5, 5.41) is 7.57. The van der Waals surface area contributed by atoms with Crippen molar-refractivity contribution in [2.45, 2.75) is 57.4 Å². The molecule has 0 unspecified atom stereocenters. The zero-order valence-corrected chi connectivity index (χ0v) is 14.8. The van der Waals surface area contributed by atoms with Crippen molar-refractivity contribution in [2.75, 3.05) is 13.1 Å². The maximum atomic E-state index is 12.6. The Hall–Kier alpha value is -1.52. The minimum atomic E-state index is 0.171. The van der Waals surface area contributed by atoms with E-state index in [0.29, 0.717) is 12.0 Å². The lowest BCUT2D eigenvalue weighted by molar-refractivity contribution is 0.191. The summed E-state index contributed by atoms with van der Waals surface area (Å²) in [6, 6.07) is 0.583. The molecule has 5 nitrogen and oxygen atoms in total. The van der Waals surface area contributed by atoms with E-state index < -0.39 is 0 Å². The Labute approximate surface area is 144 Å². The number of carbonyl (C=O) groups is 1. The van der Waals surface area contributed by atoms with Gasteiger partial charge in [-0.25, -0.2) is 4.79 Å². The van der Waals surface area contributed by atoms with Crippen molar-refractivity contribution in [1.29, 1.82) is 0 Å². The van der Waals surface area contributed by atoms with Gasteiger partial charge in [0, 0.05) is 32.4 Å². The predicted octanol–water partition coefficient (Wildman–Crippen LogP) is 2.96. The Kier molecular flexibility index (Phi) is 4.51. The third kappa shape index (κ3) is 3.76. The predicted molar refractivity (Wildman–Crippen MR) is 93.6 cm³/mol. The van der Waals surface area contributed by atoms with Crippen molar-refractivity contribution < 1.29 is 4.79 Å². The maximum Gasteiger partial charge on any atom is 0.317 e. The molecule has 2 amide bonds. The molecule has 1 saturated heterocycles. The van der Waals surface area contributed by atoms with Crippen LogP contribution in [-0.2, 0) is 13.5 Å². The third-order valence-electron chi connectivity index (χ3n) is 6.19. The van der Waals surface area contributed by atoms with Gasteiger partial charge in [-0.3, -0.25) is 4.68 Å².